The first-order chi connectivity index (χ1) is 14.4. The van der Waals surface area contributed by atoms with Crippen molar-refractivity contribution in [3.8, 4) is 5.75 Å². The summed E-state index contributed by atoms with van der Waals surface area (Å²) in [4.78, 5) is 41.1. The van der Waals surface area contributed by atoms with Crippen LogP contribution in [0.3, 0.4) is 0 Å². The minimum absolute atomic E-state index is 0.00464. The van der Waals surface area contributed by atoms with Gasteiger partial charge in [0.25, 0.3) is 0 Å². The molecule has 0 N–H and O–H groups in total. The van der Waals surface area contributed by atoms with Gasteiger partial charge in [0.15, 0.2) is 5.78 Å². The van der Waals surface area contributed by atoms with E-state index in [1.165, 1.54) is 11.3 Å². The fraction of sp³-hybridized carbons (Fsp3) is 0.458. The molecule has 5 nitrogen and oxygen atoms in total. The second-order valence-electron chi connectivity index (χ2n) is 7.91. The van der Waals surface area contributed by atoms with Crippen LogP contribution in [-0.4, -0.2) is 30.6 Å². The van der Waals surface area contributed by atoms with E-state index in [2.05, 4.69) is 6.92 Å². The Labute approximate surface area is 182 Å². The molecule has 160 valence electrons. The number of anilines is 1. The van der Waals surface area contributed by atoms with E-state index >= 15 is 0 Å². The highest BCUT2D eigenvalue weighted by molar-refractivity contribution is 7.14. The van der Waals surface area contributed by atoms with Gasteiger partial charge in [0.1, 0.15) is 11.5 Å². The van der Waals surface area contributed by atoms with E-state index in [0.717, 1.165) is 29.2 Å². The number of benzene rings is 1. The van der Waals surface area contributed by atoms with E-state index < -0.39 is 0 Å². The van der Waals surface area contributed by atoms with Gasteiger partial charge in [-0.1, -0.05) is 0 Å². The molecule has 2 aromatic rings. The zero-order valence-corrected chi connectivity index (χ0v) is 18.7. The molecule has 3 rings (SSSR count). The number of methoxy groups -OCH3 is 1. The quantitative estimate of drug-likeness (QED) is 0.462. The lowest BCUT2D eigenvalue weighted by Crippen LogP contribution is -2.40. The molecule has 1 aliphatic carbocycles. The monoisotopic (exact) mass is 427 g/mol. The van der Waals surface area contributed by atoms with E-state index in [1.807, 2.05) is 48.2 Å². The topological polar surface area (TPSA) is 63.7 Å². The molecule has 1 aliphatic rings. The first-order valence-electron chi connectivity index (χ1n) is 10.5. The SMILES string of the molecule is COc1ccc(N(C(=O)CCC(=O)CCC(=O)c2ccc(C)s2)C(C)C2CC2)cc1. The van der Waals surface area contributed by atoms with Crippen molar-refractivity contribution in [3.05, 3.63) is 46.2 Å². The number of aryl methyl sites for hydroxylation is 1. The highest BCUT2D eigenvalue weighted by Crippen LogP contribution is 2.37. The van der Waals surface area contributed by atoms with Crippen LogP contribution in [0, 0.1) is 12.8 Å². The molecule has 1 heterocycles. The molecule has 1 amide bonds. The number of nitrogens with zero attached hydrogens (tertiary/aromatic N) is 1. The predicted octanol–water partition coefficient (Wildman–Crippen LogP) is 5.21. The van der Waals surface area contributed by atoms with Crippen molar-refractivity contribution >= 4 is 34.5 Å². The number of carbonyl (C=O) groups is 3. The third-order valence-electron chi connectivity index (χ3n) is 5.59. The standard InChI is InChI=1S/C24H29NO4S/c1-16-4-14-23(30-16)22(27)13-9-20(26)10-15-24(28)25(17(2)18-5-6-18)19-7-11-21(29-3)12-8-19/h4,7-8,11-12,14,17-18H,5-6,9-10,13,15H2,1-3H3. The van der Waals surface area contributed by atoms with Crippen LogP contribution in [0.25, 0.3) is 0 Å². The smallest absolute Gasteiger partial charge is 0.227 e. The Morgan fingerprint density at radius 1 is 1.03 bits per heavy atom. The third kappa shape index (κ3) is 5.79. The molecule has 1 aromatic carbocycles. The molecule has 0 saturated heterocycles. The number of rotatable bonds is 11. The Hall–Kier alpha value is -2.47. The van der Waals surface area contributed by atoms with Crippen molar-refractivity contribution in [2.45, 2.75) is 58.4 Å². The van der Waals surface area contributed by atoms with Crippen LogP contribution in [0.4, 0.5) is 5.69 Å². The van der Waals surface area contributed by atoms with Crippen LogP contribution in [0.1, 0.15) is 60.0 Å². The largest absolute Gasteiger partial charge is 0.497 e. The molecule has 0 spiro atoms. The number of ketones is 2. The maximum atomic E-state index is 13.0. The molecule has 1 unspecified atom stereocenters. The maximum Gasteiger partial charge on any atom is 0.227 e. The van der Waals surface area contributed by atoms with E-state index in [-0.39, 0.29) is 49.2 Å². The molecule has 0 bridgehead atoms. The van der Waals surface area contributed by atoms with Crippen LogP contribution in [-0.2, 0) is 9.59 Å². The van der Waals surface area contributed by atoms with Crippen LogP contribution in [0.15, 0.2) is 36.4 Å². The fourth-order valence-electron chi connectivity index (χ4n) is 3.59. The first-order valence-corrected chi connectivity index (χ1v) is 11.3. The van der Waals surface area contributed by atoms with Crippen molar-refractivity contribution in [2.24, 2.45) is 5.92 Å². The second kappa shape index (κ2) is 10.0. The first kappa shape index (κ1) is 22.2. The van der Waals surface area contributed by atoms with Crippen molar-refractivity contribution < 1.29 is 19.1 Å². The summed E-state index contributed by atoms with van der Waals surface area (Å²) in [7, 11) is 1.61. The molecule has 30 heavy (non-hydrogen) atoms. The molecule has 1 aromatic heterocycles. The lowest BCUT2D eigenvalue weighted by atomic mass is 10.1. The summed E-state index contributed by atoms with van der Waals surface area (Å²) < 4.78 is 5.21. The second-order valence-corrected chi connectivity index (χ2v) is 9.20. The summed E-state index contributed by atoms with van der Waals surface area (Å²) in [5, 5.41) is 0. The van der Waals surface area contributed by atoms with Gasteiger partial charge in [-0.3, -0.25) is 14.4 Å². The van der Waals surface area contributed by atoms with Crippen LogP contribution >= 0.6 is 11.3 Å². The van der Waals surface area contributed by atoms with E-state index in [0.29, 0.717) is 10.8 Å². The zero-order valence-electron chi connectivity index (χ0n) is 17.8. The maximum absolute atomic E-state index is 13.0. The number of carbonyl (C=O) groups excluding carboxylic acids is 3. The summed E-state index contributed by atoms with van der Waals surface area (Å²) in [6.45, 7) is 4.03. The van der Waals surface area contributed by atoms with Crippen molar-refractivity contribution in [2.75, 3.05) is 12.0 Å². The molecule has 1 fully saturated rings. The van der Waals surface area contributed by atoms with E-state index in [9.17, 15) is 14.4 Å². The number of thiophene rings is 1. The highest BCUT2D eigenvalue weighted by atomic mass is 32.1. The molecule has 0 radical (unpaired) electrons. The Morgan fingerprint density at radius 3 is 2.27 bits per heavy atom. The van der Waals surface area contributed by atoms with Gasteiger partial charge in [-0.15, -0.1) is 11.3 Å². The molecular weight excluding hydrogens is 398 g/mol. The Kier molecular flexibility index (Phi) is 7.43. The van der Waals surface area contributed by atoms with Crippen molar-refractivity contribution in [1.82, 2.24) is 0 Å². The Balaban J connectivity index is 1.55. The summed E-state index contributed by atoms with van der Waals surface area (Å²) in [6, 6.07) is 11.3. The van der Waals surface area contributed by atoms with Gasteiger partial charge in [0, 0.05) is 42.3 Å². The minimum atomic E-state index is -0.0480. The average Bonchev–Trinajstić information content (AvgIpc) is 3.51. The van der Waals surface area contributed by atoms with Crippen LogP contribution in [0.2, 0.25) is 0 Å². The van der Waals surface area contributed by atoms with Crippen LogP contribution < -0.4 is 9.64 Å². The molecule has 6 heteroatoms. The molecule has 0 aliphatic heterocycles. The Bertz CT molecular complexity index is 898. The van der Waals surface area contributed by atoms with Crippen molar-refractivity contribution in [3.63, 3.8) is 0 Å². The third-order valence-corrected chi connectivity index (χ3v) is 6.64. The van der Waals surface area contributed by atoms with Gasteiger partial charge in [-0.25, -0.2) is 0 Å². The molecular formula is C24H29NO4S. The summed E-state index contributed by atoms with van der Waals surface area (Å²) in [6.07, 6.45) is 2.97. The van der Waals surface area contributed by atoms with Gasteiger partial charge in [0.05, 0.1) is 12.0 Å². The van der Waals surface area contributed by atoms with Crippen LogP contribution in [0.5, 0.6) is 5.75 Å². The van der Waals surface area contributed by atoms with Gasteiger partial charge < -0.3 is 9.64 Å². The van der Waals surface area contributed by atoms with Gasteiger partial charge >= 0.3 is 0 Å². The van der Waals surface area contributed by atoms with E-state index in [4.69, 9.17) is 4.74 Å². The summed E-state index contributed by atoms with van der Waals surface area (Å²) >= 11 is 1.45. The zero-order chi connectivity index (χ0) is 21.7. The summed E-state index contributed by atoms with van der Waals surface area (Å²) in [5.74, 6) is 1.16. The van der Waals surface area contributed by atoms with Crippen molar-refractivity contribution in [1.29, 1.82) is 0 Å². The van der Waals surface area contributed by atoms with E-state index in [1.54, 1.807) is 7.11 Å². The van der Waals surface area contributed by atoms with Gasteiger partial charge in [0.2, 0.25) is 5.91 Å². The minimum Gasteiger partial charge on any atom is -0.497 e. The summed E-state index contributed by atoms with van der Waals surface area (Å²) in [5.41, 5.74) is 0.830. The number of amides is 1. The number of hydrogen-bond donors (Lipinski definition) is 0. The van der Waals surface area contributed by atoms with Gasteiger partial charge in [-0.05, 0) is 69.0 Å². The number of Topliss-reactive ketones (excluding diaryl/α,β-unsaturated/α-hetero) is 2. The predicted molar refractivity (Wildman–Crippen MR) is 120 cm³/mol. The average molecular weight is 428 g/mol. The Morgan fingerprint density at radius 2 is 1.70 bits per heavy atom. The number of ether oxygens (including phenoxy) is 1. The molecule has 1 atom stereocenters. The lowest BCUT2D eigenvalue weighted by molar-refractivity contribution is -0.124. The highest BCUT2D eigenvalue weighted by Gasteiger charge is 2.35. The van der Waals surface area contributed by atoms with Gasteiger partial charge in [-0.2, -0.15) is 0 Å². The normalized spacial score (nSPS) is 14.2. The fourth-order valence-corrected chi connectivity index (χ4v) is 4.43. The molecule has 1 saturated carbocycles. The number of hydrogen-bond acceptors (Lipinski definition) is 5. The lowest BCUT2D eigenvalue weighted by Gasteiger charge is -2.30.